The summed E-state index contributed by atoms with van der Waals surface area (Å²) in [6.07, 6.45) is 6.75. The third-order valence-electron chi connectivity index (χ3n) is 2.64. The number of guanidine groups is 1. The average molecular weight is 434 g/mol. The minimum Gasteiger partial charge on any atom is -0.357 e. The molecule has 0 saturated heterocycles. The summed E-state index contributed by atoms with van der Waals surface area (Å²) in [4.78, 5) is 4.41. The minimum absolute atomic E-state index is 0. The zero-order valence-corrected chi connectivity index (χ0v) is 16.6. The molecular formula is C13H31IN4O2S. The second kappa shape index (κ2) is 14.8. The van der Waals surface area contributed by atoms with Crippen LogP contribution in [0.1, 0.15) is 46.0 Å². The fourth-order valence-corrected chi connectivity index (χ4v) is 2.14. The van der Waals surface area contributed by atoms with Gasteiger partial charge in [-0.3, -0.25) is 4.99 Å². The zero-order valence-electron chi connectivity index (χ0n) is 13.4. The Morgan fingerprint density at radius 3 is 2.29 bits per heavy atom. The Bertz CT molecular complexity index is 361. The first kappa shape index (κ1) is 23.2. The predicted molar refractivity (Wildman–Crippen MR) is 101 cm³/mol. The number of hydrogen-bond donors (Lipinski definition) is 3. The highest BCUT2D eigenvalue weighted by Gasteiger charge is 1.99. The van der Waals surface area contributed by atoms with Crippen molar-refractivity contribution in [3.8, 4) is 0 Å². The van der Waals surface area contributed by atoms with Crippen LogP contribution in [0.5, 0.6) is 0 Å². The van der Waals surface area contributed by atoms with Crippen LogP contribution in [0.3, 0.4) is 0 Å². The van der Waals surface area contributed by atoms with Crippen molar-refractivity contribution < 1.29 is 8.42 Å². The Labute approximate surface area is 147 Å². The monoisotopic (exact) mass is 434 g/mol. The summed E-state index contributed by atoms with van der Waals surface area (Å²) in [5, 5.41) is 6.47. The summed E-state index contributed by atoms with van der Waals surface area (Å²) in [7, 11) is -3.09. The van der Waals surface area contributed by atoms with Gasteiger partial charge in [0.15, 0.2) is 5.96 Å². The zero-order chi connectivity index (χ0) is 15.3. The molecule has 0 fully saturated rings. The van der Waals surface area contributed by atoms with Crippen molar-refractivity contribution in [3.63, 3.8) is 0 Å². The number of sulfonamides is 1. The van der Waals surface area contributed by atoms with Gasteiger partial charge in [-0.15, -0.1) is 24.0 Å². The van der Waals surface area contributed by atoms with Crippen LogP contribution in [0.15, 0.2) is 4.99 Å². The van der Waals surface area contributed by atoms with E-state index in [4.69, 9.17) is 0 Å². The maximum Gasteiger partial charge on any atom is 0.208 e. The van der Waals surface area contributed by atoms with Crippen LogP contribution in [0.4, 0.5) is 0 Å². The first-order chi connectivity index (χ1) is 9.49. The van der Waals surface area contributed by atoms with Crippen molar-refractivity contribution in [2.75, 3.05) is 32.4 Å². The molecule has 0 radical (unpaired) electrons. The molecule has 0 heterocycles. The molecule has 0 unspecified atom stereocenters. The van der Waals surface area contributed by atoms with Crippen molar-refractivity contribution in [1.29, 1.82) is 0 Å². The van der Waals surface area contributed by atoms with Gasteiger partial charge in [0.25, 0.3) is 0 Å². The fraction of sp³-hybridized carbons (Fsp3) is 0.923. The number of halogens is 1. The molecule has 3 N–H and O–H groups in total. The Balaban J connectivity index is 0. The predicted octanol–water partition coefficient (Wildman–Crippen LogP) is 1.68. The molecule has 0 aromatic rings. The molecule has 0 aliphatic rings. The standard InChI is InChI=1S/C13H30N4O2S.HI/c1-4-6-7-8-10-15-13(14-5-2)16-11-9-12-17-20(3,18)19;/h17H,4-12H2,1-3H3,(H2,14,15,16);1H. The lowest BCUT2D eigenvalue weighted by Crippen LogP contribution is -2.38. The number of nitrogens with one attached hydrogen (secondary N) is 3. The van der Waals surface area contributed by atoms with E-state index in [9.17, 15) is 8.42 Å². The fourth-order valence-electron chi connectivity index (χ4n) is 1.63. The second-order valence-corrected chi connectivity index (χ2v) is 6.60. The minimum atomic E-state index is -3.09. The molecule has 0 bridgehead atoms. The van der Waals surface area contributed by atoms with Crippen LogP contribution in [-0.2, 0) is 10.0 Å². The third-order valence-corrected chi connectivity index (χ3v) is 3.36. The van der Waals surface area contributed by atoms with Crippen LogP contribution in [0, 0.1) is 0 Å². The molecule has 8 heteroatoms. The van der Waals surface area contributed by atoms with E-state index in [1.807, 2.05) is 6.92 Å². The third kappa shape index (κ3) is 17.9. The first-order valence-electron chi connectivity index (χ1n) is 7.46. The maximum atomic E-state index is 10.9. The van der Waals surface area contributed by atoms with Crippen LogP contribution in [0.2, 0.25) is 0 Å². The number of aliphatic imine (C=N–C) groups is 1. The van der Waals surface area contributed by atoms with Gasteiger partial charge in [0.2, 0.25) is 10.0 Å². The van der Waals surface area contributed by atoms with E-state index in [0.717, 1.165) is 31.7 Å². The van der Waals surface area contributed by atoms with Gasteiger partial charge in [0.05, 0.1) is 6.26 Å². The highest BCUT2D eigenvalue weighted by molar-refractivity contribution is 14.0. The van der Waals surface area contributed by atoms with Gasteiger partial charge in [-0.1, -0.05) is 26.2 Å². The molecule has 0 spiro atoms. The molecule has 0 aromatic carbocycles. The van der Waals surface area contributed by atoms with Crippen LogP contribution >= 0.6 is 24.0 Å². The van der Waals surface area contributed by atoms with Crippen molar-refractivity contribution in [2.45, 2.75) is 46.0 Å². The van der Waals surface area contributed by atoms with Crippen molar-refractivity contribution in [3.05, 3.63) is 0 Å². The van der Waals surface area contributed by atoms with E-state index in [0.29, 0.717) is 19.5 Å². The van der Waals surface area contributed by atoms with Gasteiger partial charge in [-0.25, -0.2) is 13.1 Å². The highest BCUT2D eigenvalue weighted by Crippen LogP contribution is 1.96. The molecule has 0 aliphatic carbocycles. The normalized spacial score (nSPS) is 11.9. The van der Waals surface area contributed by atoms with E-state index in [1.54, 1.807) is 0 Å². The van der Waals surface area contributed by atoms with E-state index in [1.165, 1.54) is 19.3 Å². The van der Waals surface area contributed by atoms with Crippen LogP contribution < -0.4 is 15.4 Å². The summed E-state index contributed by atoms with van der Waals surface area (Å²) in [5.41, 5.74) is 0. The lowest BCUT2D eigenvalue weighted by molar-refractivity contribution is 0.585. The summed E-state index contributed by atoms with van der Waals surface area (Å²) in [6, 6.07) is 0. The van der Waals surface area contributed by atoms with E-state index < -0.39 is 10.0 Å². The van der Waals surface area contributed by atoms with Crippen molar-refractivity contribution in [2.24, 2.45) is 4.99 Å². The van der Waals surface area contributed by atoms with E-state index in [2.05, 4.69) is 27.3 Å². The molecule has 6 nitrogen and oxygen atoms in total. The molecule has 0 atom stereocenters. The molecule has 0 saturated carbocycles. The maximum absolute atomic E-state index is 10.9. The smallest absolute Gasteiger partial charge is 0.208 e. The van der Waals surface area contributed by atoms with Crippen LogP contribution in [0.25, 0.3) is 0 Å². The Kier molecular flexibility index (Phi) is 16.4. The number of rotatable bonds is 11. The molecule has 0 aliphatic heterocycles. The number of unbranched alkanes of at least 4 members (excludes halogenated alkanes) is 3. The van der Waals surface area contributed by atoms with Gasteiger partial charge in [-0.2, -0.15) is 0 Å². The Morgan fingerprint density at radius 2 is 1.71 bits per heavy atom. The SMILES string of the molecule is CCCCCCNC(=NCCCNS(C)(=O)=O)NCC.I. The Morgan fingerprint density at radius 1 is 1.00 bits per heavy atom. The molecular weight excluding hydrogens is 403 g/mol. The van der Waals surface area contributed by atoms with Crippen LogP contribution in [-0.4, -0.2) is 46.8 Å². The van der Waals surface area contributed by atoms with Gasteiger partial charge < -0.3 is 10.6 Å². The largest absolute Gasteiger partial charge is 0.357 e. The molecule has 0 amide bonds. The molecule has 0 aromatic heterocycles. The van der Waals surface area contributed by atoms with Gasteiger partial charge in [-0.05, 0) is 19.8 Å². The summed E-state index contributed by atoms with van der Waals surface area (Å²) in [6.45, 7) is 7.00. The molecule has 21 heavy (non-hydrogen) atoms. The lowest BCUT2D eigenvalue weighted by Gasteiger charge is -2.11. The first-order valence-corrected chi connectivity index (χ1v) is 9.35. The highest BCUT2D eigenvalue weighted by atomic mass is 127. The van der Waals surface area contributed by atoms with Gasteiger partial charge >= 0.3 is 0 Å². The van der Waals surface area contributed by atoms with Gasteiger partial charge in [0, 0.05) is 26.2 Å². The topological polar surface area (TPSA) is 82.6 Å². The molecule has 0 rings (SSSR count). The quantitative estimate of drug-likeness (QED) is 0.200. The van der Waals surface area contributed by atoms with E-state index in [-0.39, 0.29) is 24.0 Å². The van der Waals surface area contributed by atoms with E-state index >= 15 is 0 Å². The number of hydrogen-bond acceptors (Lipinski definition) is 3. The molecule has 128 valence electrons. The lowest BCUT2D eigenvalue weighted by atomic mass is 10.2. The van der Waals surface area contributed by atoms with Crippen molar-refractivity contribution >= 4 is 40.0 Å². The summed E-state index contributed by atoms with van der Waals surface area (Å²) in [5.74, 6) is 0.809. The summed E-state index contributed by atoms with van der Waals surface area (Å²) >= 11 is 0. The van der Waals surface area contributed by atoms with Crippen molar-refractivity contribution in [1.82, 2.24) is 15.4 Å². The second-order valence-electron chi connectivity index (χ2n) is 4.77. The summed E-state index contributed by atoms with van der Waals surface area (Å²) < 4.78 is 24.2. The number of nitrogens with zero attached hydrogens (tertiary/aromatic N) is 1. The average Bonchev–Trinajstić information content (AvgIpc) is 2.36. The van der Waals surface area contributed by atoms with Gasteiger partial charge in [0.1, 0.15) is 0 Å². The Hall–Kier alpha value is -0.0900.